The average molecular weight is 218 g/mol. The van der Waals surface area contributed by atoms with Crippen LogP contribution in [0.2, 0.25) is 0 Å². The zero-order valence-electron chi connectivity index (χ0n) is 9.27. The first-order chi connectivity index (χ1) is 6.81. The molecule has 2 N–H and O–H groups in total. The van der Waals surface area contributed by atoms with Crippen molar-refractivity contribution in [1.29, 1.82) is 0 Å². The van der Waals surface area contributed by atoms with Crippen LogP contribution in [-0.2, 0) is 4.74 Å². The van der Waals surface area contributed by atoms with Crippen molar-refractivity contribution < 1.29 is 4.74 Å². The molecule has 0 bridgehead atoms. The van der Waals surface area contributed by atoms with Crippen LogP contribution in [0.1, 0.15) is 32.6 Å². The van der Waals surface area contributed by atoms with Crippen LogP contribution in [0, 0.1) is 0 Å². The first-order valence-corrected chi connectivity index (χ1v) is 5.72. The van der Waals surface area contributed by atoms with Crippen LogP contribution in [0.25, 0.3) is 0 Å². The van der Waals surface area contributed by atoms with Gasteiger partial charge in [0.05, 0.1) is 0 Å². The third-order valence-corrected chi connectivity index (χ3v) is 2.17. The molecule has 3 nitrogen and oxygen atoms in total. The predicted molar refractivity (Wildman–Crippen MR) is 64.6 cm³/mol. The second-order valence-electron chi connectivity index (χ2n) is 3.24. The summed E-state index contributed by atoms with van der Waals surface area (Å²) in [5, 5.41) is 7.10. The lowest BCUT2D eigenvalue weighted by atomic mass is 10.3. The average Bonchev–Trinajstić information content (AvgIpc) is 2.18. The minimum absolute atomic E-state index is 0.774. The van der Waals surface area contributed by atoms with Gasteiger partial charge in [0, 0.05) is 26.8 Å². The summed E-state index contributed by atoms with van der Waals surface area (Å²) in [6, 6.07) is 0. The number of hydrogen-bond donors (Lipinski definition) is 2. The number of unbranched alkanes of at least 4 members (excludes halogenated alkanes) is 2. The van der Waals surface area contributed by atoms with Gasteiger partial charge < -0.3 is 15.4 Å². The molecule has 14 heavy (non-hydrogen) atoms. The Labute approximate surface area is 92.6 Å². The van der Waals surface area contributed by atoms with Gasteiger partial charge in [0.2, 0.25) is 0 Å². The fourth-order valence-corrected chi connectivity index (χ4v) is 1.22. The molecule has 0 amide bonds. The van der Waals surface area contributed by atoms with Gasteiger partial charge in [0.25, 0.3) is 0 Å². The van der Waals surface area contributed by atoms with Gasteiger partial charge in [-0.3, -0.25) is 0 Å². The van der Waals surface area contributed by atoms with Gasteiger partial charge in [-0.1, -0.05) is 13.3 Å². The van der Waals surface area contributed by atoms with E-state index in [1.165, 1.54) is 12.8 Å². The molecule has 0 heterocycles. The lowest BCUT2D eigenvalue weighted by Gasteiger charge is -2.09. The molecule has 4 heteroatoms. The van der Waals surface area contributed by atoms with Gasteiger partial charge in [-0.2, -0.15) is 0 Å². The standard InChI is InChI=1S/C10H22N2OS/c1-3-4-7-11-10(14)12-8-5-6-9-13-2/h3-9H2,1-2H3,(H2,11,12,14). The molecule has 0 aromatic carbocycles. The maximum atomic E-state index is 5.09. The first-order valence-electron chi connectivity index (χ1n) is 5.32. The summed E-state index contributed by atoms with van der Waals surface area (Å²) in [5.41, 5.74) is 0. The lowest BCUT2D eigenvalue weighted by molar-refractivity contribution is 0.193. The Morgan fingerprint density at radius 3 is 2.36 bits per heavy atom. The minimum Gasteiger partial charge on any atom is -0.385 e. The second-order valence-corrected chi connectivity index (χ2v) is 3.64. The molecule has 0 saturated heterocycles. The Morgan fingerprint density at radius 2 is 1.79 bits per heavy atom. The van der Waals surface area contributed by atoms with Crippen LogP contribution in [0.15, 0.2) is 0 Å². The maximum Gasteiger partial charge on any atom is 0.166 e. The van der Waals surface area contributed by atoms with Crippen molar-refractivity contribution in [2.45, 2.75) is 32.6 Å². The van der Waals surface area contributed by atoms with Gasteiger partial charge in [-0.15, -0.1) is 0 Å². The van der Waals surface area contributed by atoms with Gasteiger partial charge in [-0.25, -0.2) is 0 Å². The van der Waals surface area contributed by atoms with E-state index in [0.717, 1.165) is 37.7 Å². The predicted octanol–water partition coefficient (Wildman–Crippen LogP) is 1.68. The van der Waals surface area contributed by atoms with E-state index >= 15 is 0 Å². The summed E-state index contributed by atoms with van der Waals surface area (Å²) in [4.78, 5) is 0. The highest BCUT2D eigenvalue weighted by atomic mass is 32.1. The lowest BCUT2D eigenvalue weighted by Crippen LogP contribution is -2.36. The first kappa shape index (κ1) is 13.7. The number of ether oxygens (including phenoxy) is 1. The SMILES string of the molecule is CCCCNC(=S)NCCCCOC. The Balaban J connectivity index is 3.10. The summed E-state index contributed by atoms with van der Waals surface area (Å²) in [6.07, 6.45) is 4.56. The number of hydrogen-bond acceptors (Lipinski definition) is 2. The van der Waals surface area contributed by atoms with E-state index in [4.69, 9.17) is 17.0 Å². The number of nitrogens with one attached hydrogen (secondary N) is 2. The Bertz CT molecular complexity index is 142. The van der Waals surface area contributed by atoms with E-state index in [9.17, 15) is 0 Å². The molecule has 0 aromatic heterocycles. The van der Waals surface area contributed by atoms with Crippen molar-refractivity contribution in [2.75, 3.05) is 26.8 Å². The molecule has 0 radical (unpaired) electrons. The van der Waals surface area contributed by atoms with Crippen molar-refractivity contribution in [3.8, 4) is 0 Å². The van der Waals surface area contributed by atoms with E-state index in [-0.39, 0.29) is 0 Å². The summed E-state index contributed by atoms with van der Waals surface area (Å²) in [7, 11) is 1.73. The highest BCUT2D eigenvalue weighted by Crippen LogP contribution is 1.87. The second kappa shape index (κ2) is 10.7. The van der Waals surface area contributed by atoms with Crippen molar-refractivity contribution in [3.05, 3.63) is 0 Å². The molecule has 0 aliphatic carbocycles. The molecule has 0 aromatic rings. The van der Waals surface area contributed by atoms with Crippen LogP contribution in [0.5, 0.6) is 0 Å². The van der Waals surface area contributed by atoms with Gasteiger partial charge in [-0.05, 0) is 31.5 Å². The monoisotopic (exact) mass is 218 g/mol. The van der Waals surface area contributed by atoms with E-state index in [1.54, 1.807) is 7.11 Å². The van der Waals surface area contributed by atoms with E-state index in [0.29, 0.717) is 0 Å². The molecule has 0 atom stereocenters. The van der Waals surface area contributed by atoms with Crippen LogP contribution in [0.3, 0.4) is 0 Å². The molecule has 0 aliphatic rings. The fourth-order valence-electron chi connectivity index (χ4n) is 1.01. The van der Waals surface area contributed by atoms with E-state index < -0.39 is 0 Å². The highest BCUT2D eigenvalue weighted by Gasteiger charge is 1.93. The smallest absolute Gasteiger partial charge is 0.166 e. The van der Waals surface area contributed by atoms with Crippen molar-refractivity contribution in [1.82, 2.24) is 10.6 Å². The van der Waals surface area contributed by atoms with E-state index in [2.05, 4.69) is 17.6 Å². The third-order valence-electron chi connectivity index (χ3n) is 1.88. The number of methoxy groups -OCH3 is 1. The Kier molecular flexibility index (Phi) is 10.5. The molecular weight excluding hydrogens is 196 g/mol. The van der Waals surface area contributed by atoms with Gasteiger partial charge in [0.15, 0.2) is 5.11 Å². The maximum absolute atomic E-state index is 5.09. The minimum atomic E-state index is 0.774. The summed E-state index contributed by atoms with van der Waals surface area (Å²) in [6.45, 7) is 4.91. The van der Waals surface area contributed by atoms with Crippen LogP contribution < -0.4 is 10.6 Å². The topological polar surface area (TPSA) is 33.3 Å². The van der Waals surface area contributed by atoms with Crippen LogP contribution in [0.4, 0.5) is 0 Å². The summed E-state index contributed by atoms with van der Waals surface area (Å²) < 4.78 is 4.95. The molecule has 0 saturated carbocycles. The molecular formula is C10H22N2OS. The van der Waals surface area contributed by atoms with Crippen molar-refractivity contribution in [3.63, 3.8) is 0 Å². The van der Waals surface area contributed by atoms with Crippen molar-refractivity contribution in [2.24, 2.45) is 0 Å². The summed E-state index contributed by atoms with van der Waals surface area (Å²) >= 11 is 5.09. The summed E-state index contributed by atoms with van der Waals surface area (Å²) in [5.74, 6) is 0. The van der Waals surface area contributed by atoms with Crippen LogP contribution >= 0.6 is 12.2 Å². The zero-order valence-corrected chi connectivity index (χ0v) is 10.1. The quantitative estimate of drug-likeness (QED) is 0.480. The number of rotatable bonds is 8. The zero-order chi connectivity index (χ0) is 10.6. The fraction of sp³-hybridized carbons (Fsp3) is 0.900. The van der Waals surface area contributed by atoms with Gasteiger partial charge in [0.1, 0.15) is 0 Å². The molecule has 0 spiro atoms. The van der Waals surface area contributed by atoms with Crippen LogP contribution in [-0.4, -0.2) is 31.9 Å². The van der Waals surface area contributed by atoms with Gasteiger partial charge >= 0.3 is 0 Å². The molecule has 0 fully saturated rings. The number of thiocarbonyl (C=S) groups is 1. The molecule has 0 aliphatic heterocycles. The highest BCUT2D eigenvalue weighted by molar-refractivity contribution is 7.80. The third kappa shape index (κ3) is 9.74. The largest absolute Gasteiger partial charge is 0.385 e. The molecule has 84 valence electrons. The Hall–Kier alpha value is -0.350. The Morgan fingerprint density at radius 1 is 1.14 bits per heavy atom. The van der Waals surface area contributed by atoms with Crippen molar-refractivity contribution >= 4 is 17.3 Å². The molecule has 0 unspecified atom stereocenters. The molecule has 0 rings (SSSR count). The van der Waals surface area contributed by atoms with E-state index in [1.807, 2.05) is 0 Å². The normalized spacial score (nSPS) is 9.86.